The number of hydrogen-bond donors (Lipinski definition) is 0. The molecule has 100 valence electrons. The molecule has 0 saturated heterocycles. The maximum atomic E-state index is 13.5. The molecule has 0 spiro atoms. The second-order valence-corrected chi connectivity index (χ2v) is 4.44. The molecule has 2 nitrogen and oxygen atoms in total. The standard InChI is InChI=1S/C16H11F2NO/c1-10-2-3-12(8-15(10)18)16(20)14(9-19)11-4-6-13(17)7-5-11/h2-8,14H,1H3. The third kappa shape index (κ3) is 2.72. The molecule has 2 aromatic carbocycles. The van der Waals surface area contributed by atoms with Crippen molar-refractivity contribution in [3.05, 3.63) is 70.8 Å². The molecule has 1 unspecified atom stereocenters. The van der Waals surface area contributed by atoms with E-state index in [2.05, 4.69) is 0 Å². The van der Waals surface area contributed by atoms with E-state index >= 15 is 0 Å². The van der Waals surface area contributed by atoms with Crippen LogP contribution < -0.4 is 0 Å². The highest BCUT2D eigenvalue weighted by molar-refractivity contribution is 6.02. The van der Waals surface area contributed by atoms with Crippen molar-refractivity contribution in [2.75, 3.05) is 0 Å². The van der Waals surface area contributed by atoms with Crippen molar-refractivity contribution in [3.63, 3.8) is 0 Å². The fourth-order valence-electron chi connectivity index (χ4n) is 1.85. The predicted octanol–water partition coefficient (Wildman–Crippen LogP) is 3.76. The fraction of sp³-hybridized carbons (Fsp3) is 0.125. The molecule has 1 atom stereocenters. The first kappa shape index (κ1) is 13.9. The van der Waals surface area contributed by atoms with Crippen LogP contribution in [0, 0.1) is 29.9 Å². The first-order valence-electron chi connectivity index (χ1n) is 5.98. The molecular weight excluding hydrogens is 260 g/mol. The lowest BCUT2D eigenvalue weighted by Crippen LogP contribution is -2.11. The summed E-state index contributed by atoms with van der Waals surface area (Å²) in [5.41, 5.74) is 0.945. The van der Waals surface area contributed by atoms with Crippen molar-refractivity contribution in [1.29, 1.82) is 5.26 Å². The quantitative estimate of drug-likeness (QED) is 0.797. The van der Waals surface area contributed by atoms with Crippen LogP contribution in [-0.2, 0) is 0 Å². The second-order valence-electron chi connectivity index (χ2n) is 4.44. The summed E-state index contributed by atoms with van der Waals surface area (Å²) in [6.45, 7) is 1.59. The SMILES string of the molecule is Cc1ccc(C(=O)C(C#N)c2ccc(F)cc2)cc1F. The third-order valence-electron chi connectivity index (χ3n) is 3.05. The van der Waals surface area contributed by atoms with Gasteiger partial charge in [-0.15, -0.1) is 0 Å². The number of halogens is 2. The van der Waals surface area contributed by atoms with Gasteiger partial charge in [-0.3, -0.25) is 4.79 Å². The van der Waals surface area contributed by atoms with Gasteiger partial charge in [0.05, 0.1) is 6.07 Å². The normalized spacial score (nSPS) is 11.7. The Kier molecular flexibility index (Phi) is 3.90. The first-order valence-corrected chi connectivity index (χ1v) is 5.98. The van der Waals surface area contributed by atoms with Gasteiger partial charge >= 0.3 is 0 Å². The van der Waals surface area contributed by atoms with Crippen molar-refractivity contribution in [3.8, 4) is 6.07 Å². The van der Waals surface area contributed by atoms with Gasteiger partial charge in [-0.1, -0.05) is 24.3 Å². The molecule has 0 N–H and O–H groups in total. The van der Waals surface area contributed by atoms with Gasteiger partial charge < -0.3 is 0 Å². The molecule has 0 aliphatic heterocycles. The Bertz CT molecular complexity index is 687. The highest BCUT2D eigenvalue weighted by atomic mass is 19.1. The Morgan fingerprint density at radius 2 is 1.80 bits per heavy atom. The van der Waals surface area contributed by atoms with Crippen LogP contribution in [-0.4, -0.2) is 5.78 Å². The third-order valence-corrected chi connectivity index (χ3v) is 3.05. The minimum Gasteiger partial charge on any atom is -0.292 e. The number of Topliss-reactive ketones (excluding diaryl/α,β-unsaturated/α-hetero) is 1. The summed E-state index contributed by atoms with van der Waals surface area (Å²) >= 11 is 0. The van der Waals surface area contributed by atoms with Gasteiger partial charge in [0.1, 0.15) is 17.6 Å². The van der Waals surface area contributed by atoms with E-state index in [1.165, 1.54) is 36.4 Å². The number of carbonyl (C=O) groups excluding carboxylic acids is 1. The molecule has 0 heterocycles. The largest absolute Gasteiger partial charge is 0.292 e. The zero-order valence-electron chi connectivity index (χ0n) is 10.7. The number of hydrogen-bond acceptors (Lipinski definition) is 2. The summed E-state index contributed by atoms with van der Waals surface area (Å²) in [5.74, 6) is -2.51. The smallest absolute Gasteiger partial charge is 0.184 e. The van der Waals surface area contributed by atoms with Gasteiger partial charge in [-0.05, 0) is 36.2 Å². The molecule has 0 bridgehead atoms. The molecule has 0 amide bonds. The molecule has 2 aromatic rings. The minimum atomic E-state index is -1.07. The number of nitriles is 1. The van der Waals surface area contributed by atoms with Crippen molar-refractivity contribution >= 4 is 5.78 Å². The van der Waals surface area contributed by atoms with E-state index in [0.29, 0.717) is 11.1 Å². The fourth-order valence-corrected chi connectivity index (χ4v) is 1.85. The number of nitrogens with zero attached hydrogens (tertiary/aromatic N) is 1. The van der Waals surface area contributed by atoms with Crippen molar-refractivity contribution in [2.24, 2.45) is 0 Å². The maximum absolute atomic E-state index is 13.5. The minimum absolute atomic E-state index is 0.129. The van der Waals surface area contributed by atoms with Crippen molar-refractivity contribution < 1.29 is 13.6 Å². The molecule has 20 heavy (non-hydrogen) atoms. The summed E-state index contributed by atoms with van der Waals surface area (Å²) in [5, 5.41) is 9.15. The maximum Gasteiger partial charge on any atom is 0.184 e. The Hall–Kier alpha value is -2.54. The Labute approximate surface area is 115 Å². The highest BCUT2D eigenvalue weighted by Gasteiger charge is 2.22. The summed E-state index contributed by atoms with van der Waals surface area (Å²) in [6.07, 6.45) is 0. The van der Waals surface area contributed by atoms with E-state index < -0.39 is 23.3 Å². The second kappa shape index (κ2) is 5.62. The summed E-state index contributed by atoms with van der Waals surface area (Å²) in [7, 11) is 0. The van der Waals surface area contributed by atoms with Crippen LogP contribution >= 0.6 is 0 Å². The highest BCUT2D eigenvalue weighted by Crippen LogP contribution is 2.22. The summed E-state index contributed by atoms with van der Waals surface area (Å²) < 4.78 is 26.3. The van der Waals surface area contributed by atoms with E-state index in [4.69, 9.17) is 5.26 Å². The molecular formula is C16H11F2NO. The van der Waals surface area contributed by atoms with Crippen LogP contribution in [0.1, 0.15) is 27.4 Å². The van der Waals surface area contributed by atoms with Gasteiger partial charge in [-0.2, -0.15) is 5.26 Å². The van der Waals surface area contributed by atoms with Crippen LogP contribution in [0.15, 0.2) is 42.5 Å². The Balaban J connectivity index is 2.36. The average molecular weight is 271 g/mol. The predicted molar refractivity (Wildman–Crippen MR) is 70.2 cm³/mol. The zero-order valence-corrected chi connectivity index (χ0v) is 10.7. The van der Waals surface area contributed by atoms with Crippen LogP contribution in [0.2, 0.25) is 0 Å². The monoisotopic (exact) mass is 271 g/mol. The molecule has 4 heteroatoms. The molecule has 0 fully saturated rings. The van der Waals surface area contributed by atoms with Crippen molar-refractivity contribution in [1.82, 2.24) is 0 Å². The topological polar surface area (TPSA) is 40.9 Å². The molecule has 0 aliphatic carbocycles. The van der Waals surface area contributed by atoms with Gasteiger partial charge in [0, 0.05) is 5.56 Å². The van der Waals surface area contributed by atoms with Crippen LogP contribution in [0.5, 0.6) is 0 Å². The zero-order chi connectivity index (χ0) is 14.7. The Morgan fingerprint density at radius 3 is 2.35 bits per heavy atom. The van der Waals surface area contributed by atoms with E-state index in [1.54, 1.807) is 6.92 Å². The van der Waals surface area contributed by atoms with Crippen LogP contribution in [0.3, 0.4) is 0 Å². The van der Waals surface area contributed by atoms with Crippen LogP contribution in [0.4, 0.5) is 8.78 Å². The number of benzene rings is 2. The van der Waals surface area contributed by atoms with Crippen molar-refractivity contribution in [2.45, 2.75) is 12.8 Å². The average Bonchev–Trinajstić information content (AvgIpc) is 2.44. The van der Waals surface area contributed by atoms with E-state index in [-0.39, 0.29) is 5.56 Å². The Morgan fingerprint density at radius 1 is 1.15 bits per heavy atom. The van der Waals surface area contributed by atoms with E-state index in [9.17, 15) is 13.6 Å². The van der Waals surface area contributed by atoms with Gasteiger partial charge in [0.2, 0.25) is 0 Å². The van der Waals surface area contributed by atoms with Gasteiger partial charge in [0.15, 0.2) is 5.78 Å². The number of ketones is 1. The molecule has 2 rings (SSSR count). The lowest BCUT2D eigenvalue weighted by atomic mass is 9.91. The van der Waals surface area contributed by atoms with E-state index in [1.807, 2.05) is 6.07 Å². The van der Waals surface area contributed by atoms with Crippen LogP contribution in [0.25, 0.3) is 0 Å². The number of aryl methyl sites for hydroxylation is 1. The molecule has 0 saturated carbocycles. The lowest BCUT2D eigenvalue weighted by molar-refractivity contribution is 0.0978. The summed E-state index contributed by atoms with van der Waals surface area (Å²) in [4.78, 5) is 12.2. The lowest BCUT2D eigenvalue weighted by Gasteiger charge is -2.09. The molecule has 0 aromatic heterocycles. The van der Waals surface area contributed by atoms with E-state index in [0.717, 1.165) is 6.07 Å². The first-order chi connectivity index (χ1) is 9.52. The molecule has 0 radical (unpaired) electrons. The van der Waals surface area contributed by atoms with Gasteiger partial charge in [-0.25, -0.2) is 8.78 Å². The number of rotatable bonds is 3. The number of carbonyl (C=O) groups is 1. The molecule has 0 aliphatic rings. The summed E-state index contributed by atoms with van der Waals surface area (Å²) in [6, 6.07) is 11.1. The van der Waals surface area contributed by atoms with Gasteiger partial charge in [0.25, 0.3) is 0 Å².